The van der Waals surface area contributed by atoms with E-state index >= 15 is 0 Å². The molecule has 1 rings (SSSR count). The van der Waals surface area contributed by atoms with Gasteiger partial charge in [-0.1, -0.05) is 18.6 Å². The minimum absolute atomic E-state index is 0.315. The summed E-state index contributed by atoms with van der Waals surface area (Å²) in [5.41, 5.74) is 3.47. The minimum Gasteiger partial charge on any atom is -0.295 e. The van der Waals surface area contributed by atoms with E-state index in [-0.39, 0.29) is 0 Å². The zero-order valence-corrected chi connectivity index (χ0v) is 8.27. The molecule has 1 heteroatoms. The standard InChI is InChI=1S/C11H16O/c1-7(2)5-10-8(3)6-11(12)9(10)4/h5,8H,6H2,1-4H3. The third kappa shape index (κ3) is 1.66. The molecule has 0 aliphatic heterocycles. The van der Waals surface area contributed by atoms with Crippen molar-refractivity contribution in [3.63, 3.8) is 0 Å². The Balaban J connectivity index is 3.01. The molecule has 1 atom stereocenters. The van der Waals surface area contributed by atoms with Gasteiger partial charge in [0.15, 0.2) is 5.78 Å². The van der Waals surface area contributed by atoms with Crippen LogP contribution in [0.25, 0.3) is 0 Å². The van der Waals surface area contributed by atoms with Crippen LogP contribution in [0.4, 0.5) is 0 Å². The number of rotatable bonds is 1. The predicted molar refractivity (Wildman–Crippen MR) is 50.9 cm³/mol. The summed E-state index contributed by atoms with van der Waals surface area (Å²) < 4.78 is 0. The monoisotopic (exact) mass is 164 g/mol. The van der Waals surface area contributed by atoms with Gasteiger partial charge in [0.05, 0.1) is 0 Å². The minimum atomic E-state index is 0.315. The summed E-state index contributed by atoms with van der Waals surface area (Å²) in [7, 11) is 0. The van der Waals surface area contributed by atoms with Crippen LogP contribution >= 0.6 is 0 Å². The Bertz CT molecular complexity index is 265. The van der Waals surface area contributed by atoms with Gasteiger partial charge in [-0.25, -0.2) is 0 Å². The number of allylic oxidation sites excluding steroid dienone is 4. The van der Waals surface area contributed by atoms with Gasteiger partial charge >= 0.3 is 0 Å². The largest absolute Gasteiger partial charge is 0.295 e. The Labute approximate surface area is 74.2 Å². The molecule has 1 aliphatic carbocycles. The van der Waals surface area contributed by atoms with Crippen molar-refractivity contribution in [3.05, 3.63) is 22.8 Å². The van der Waals surface area contributed by atoms with Gasteiger partial charge in [0.1, 0.15) is 0 Å². The maximum absolute atomic E-state index is 11.3. The summed E-state index contributed by atoms with van der Waals surface area (Å²) >= 11 is 0. The Hall–Kier alpha value is -0.850. The van der Waals surface area contributed by atoms with Crippen LogP contribution in [-0.4, -0.2) is 5.78 Å². The predicted octanol–water partition coefficient (Wildman–Crippen LogP) is 2.88. The van der Waals surface area contributed by atoms with Gasteiger partial charge in [-0.05, 0) is 37.8 Å². The van der Waals surface area contributed by atoms with Gasteiger partial charge in [-0.15, -0.1) is 0 Å². The van der Waals surface area contributed by atoms with Crippen molar-refractivity contribution in [2.24, 2.45) is 5.92 Å². The Morgan fingerprint density at radius 2 is 2.08 bits per heavy atom. The van der Waals surface area contributed by atoms with Crippen molar-refractivity contribution in [1.29, 1.82) is 0 Å². The molecule has 0 saturated carbocycles. The van der Waals surface area contributed by atoms with Crippen molar-refractivity contribution in [2.75, 3.05) is 0 Å². The molecule has 0 N–H and O–H groups in total. The lowest BCUT2D eigenvalue weighted by Gasteiger charge is -2.03. The van der Waals surface area contributed by atoms with Crippen LogP contribution in [0.1, 0.15) is 34.1 Å². The molecule has 0 saturated heterocycles. The second-order valence-electron chi connectivity index (χ2n) is 3.83. The zero-order chi connectivity index (χ0) is 9.30. The van der Waals surface area contributed by atoms with Crippen LogP contribution in [0.2, 0.25) is 0 Å². The molecule has 0 aromatic heterocycles. The van der Waals surface area contributed by atoms with Crippen molar-refractivity contribution < 1.29 is 4.79 Å². The first-order chi connectivity index (χ1) is 5.52. The molecule has 0 fully saturated rings. The van der Waals surface area contributed by atoms with E-state index in [0.29, 0.717) is 18.1 Å². The van der Waals surface area contributed by atoms with E-state index in [1.807, 2.05) is 6.92 Å². The fourth-order valence-corrected chi connectivity index (χ4v) is 1.63. The summed E-state index contributed by atoms with van der Waals surface area (Å²) in [6.07, 6.45) is 2.83. The lowest BCUT2D eigenvalue weighted by molar-refractivity contribution is -0.115. The molecule has 66 valence electrons. The van der Waals surface area contributed by atoms with E-state index in [1.165, 1.54) is 11.1 Å². The van der Waals surface area contributed by atoms with Gasteiger partial charge in [0, 0.05) is 6.42 Å². The molecule has 0 amide bonds. The third-order valence-corrected chi connectivity index (χ3v) is 2.32. The maximum atomic E-state index is 11.3. The molecular weight excluding hydrogens is 148 g/mol. The average Bonchev–Trinajstić information content (AvgIpc) is 2.16. The van der Waals surface area contributed by atoms with Crippen molar-refractivity contribution in [3.8, 4) is 0 Å². The maximum Gasteiger partial charge on any atom is 0.159 e. The highest BCUT2D eigenvalue weighted by atomic mass is 16.1. The van der Waals surface area contributed by atoms with Gasteiger partial charge in [0.25, 0.3) is 0 Å². The normalized spacial score (nSPS) is 23.3. The molecule has 1 unspecified atom stereocenters. The lowest BCUT2D eigenvalue weighted by Crippen LogP contribution is -1.93. The topological polar surface area (TPSA) is 17.1 Å². The first-order valence-corrected chi connectivity index (χ1v) is 4.41. The van der Waals surface area contributed by atoms with Gasteiger partial charge in [-0.3, -0.25) is 4.79 Å². The molecule has 0 spiro atoms. The molecule has 1 aliphatic rings. The van der Waals surface area contributed by atoms with Crippen LogP contribution in [0.3, 0.4) is 0 Å². The van der Waals surface area contributed by atoms with E-state index in [2.05, 4.69) is 26.8 Å². The average molecular weight is 164 g/mol. The third-order valence-electron chi connectivity index (χ3n) is 2.32. The van der Waals surface area contributed by atoms with Crippen LogP contribution in [-0.2, 0) is 4.79 Å². The SMILES string of the molecule is CC(C)=CC1=C(C)C(=O)CC1C. The fraction of sp³-hybridized carbons (Fsp3) is 0.545. The number of hydrogen-bond donors (Lipinski definition) is 0. The number of Topliss-reactive ketones (excluding diaryl/α,β-unsaturated/α-hetero) is 1. The Morgan fingerprint density at radius 3 is 2.42 bits per heavy atom. The second kappa shape index (κ2) is 3.26. The lowest BCUT2D eigenvalue weighted by atomic mass is 10.0. The molecule has 12 heavy (non-hydrogen) atoms. The molecule has 1 nitrogen and oxygen atoms in total. The van der Waals surface area contributed by atoms with Gasteiger partial charge in [0.2, 0.25) is 0 Å². The quantitative estimate of drug-likeness (QED) is 0.582. The van der Waals surface area contributed by atoms with E-state index in [0.717, 1.165) is 5.57 Å². The molecule has 0 bridgehead atoms. The van der Waals surface area contributed by atoms with E-state index in [1.54, 1.807) is 0 Å². The van der Waals surface area contributed by atoms with Crippen molar-refractivity contribution in [1.82, 2.24) is 0 Å². The fourth-order valence-electron chi connectivity index (χ4n) is 1.63. The van der Waals surface area contributed by atoms with E-state index in [9.17, 15) is 4.79 Å². The van der Waals surface area contributed by atoms with Crippen molar-refractivity contribution >= 4 is 5.78 Å². The van der Waals surface area contributed by atoms with Crippen LogP contribution < -0.4 is 0 Å². The summed E-state index contributed by atoms with van der Waals surface area (Å²) in [5, 5.41) is 0. The Kier molecular flexibility index (Phi) is 2.51. The number of hydrogen-bond acceptors (Lipinski definition) is 1. The summed E-state index contributed by atoms with van der Waals surface area (Å²) in [5.74, 6) is 0.738. The van der Waals surface area contributed by atoms with Crippen molar-refractivity contribution in [2.45, 2.75) is 34.1 Å². The molecule has 0 aromatic carbocycles. The number of carbonyl (C=O) groups is 1. The molecule has 0 aromatic rings. The van der Waals surface area contributed by atoms with E-state index in [4.69, 9.17) is 0 Å². The van der Waals surface area contributed by atoms with Crippen LogP contribution in [0.5, 0.6) is 0 Å². The molecule has 0 heterocycles. The highest BCUT2D eigenvalue weighted by Gasteiger charge is 2.24. The zero-order valence-electron chi connectivity index (χ0n) is 8.27. The smallest absolute Gasteiger partial charge is 0.159 e. The molecule has 0 radical (unpaired) electrons. The highest BCUT2D eigenvalue weighted by molar-refractivity contribution is 5.99. The second-order valence-corrected chi connectivity index (χ2v) is 3.83. The van der Waals surface area contributed by atoms with E-state index < -0.39 is 0 Å². The van der Waals surface area contributed by atoms with Gasteiger partial charge in [-0.2, -0.15) is 0 Å². The summed E-state index contributed by atoms with van der Waals surface area (Å²) in [6, 6.07) is 0. The summed E-state index contributed by atoms with van der Waals surface area (Å²) in [4.78, 5) is 11.3. The highest BCUT2D eigenvalue weighted by Crippen LogP contribution is 2.30. The number of ketones is 1. The van der Waals surface area contributed by atoms with Crippen LogP contribution in [0.15, 0.2) is 22.8 Å². The van der Waals surface area contributed by atoms with Crippen LogP contribution in [0, 0.1) is 5.92 Å². The Morgan fingerprint density at radius 1 is 1.50 bits per heavy atom. The summed E-state index contributed by atoms with van der Waals surface area (Å²) in [6.45, 7) is 8.18. The number of carbonyl (C=O) groups excluding carboxylic acids is 1. The first kappa shape index (κ1) is 9.24. The molecular formula is C11H16O. The van der Waals surface area contributed by atoms with Gasteiger partial charge < -0.3 is 0 Å². The first-order valence-electron chi connectivity index (χ1n) is 4.41.